The average Bonchev–Trinajstić information content (AvgIpc) is 2.44. The average molecular weight is 337 g/mol. The van der Waals surface area contributed by atoms with E-state index < -0.39 is 10.1 Å². The molecular formula is C17H36O4S. The third-order valence-electron chi connectivity index (χ3n) is 4.08. The van der Waals surface area contributed by atoms with Crippen molar-refractivity contribution in [2.45, 2.75) is 103 Å². The van der Waals surface area contributed by atoms with Gasteiger partial charge in [-0.3, -0.25) is 4.55 Å². The van der Waals surface area contributed by atoms with E-state index in [-0.39, 0.29) is 11.9 Å². The Morgan fingerprint density at radius 3 is 1.59 bits per heavy atom. The van der Waals surface area contributed by atoms with Crippen LogP contribution in [0.25, 0.3) is 0 Å². The van der Waals surface area contributed by atoms with Gasteiger partial charge in [0.05, 0.1) is 11.9 Å². The van der Waals surface area contributed by atoms with Gasteiger partial charge in [0.1, 0.15) is 0 Å². The fourth-order valence-electron chi connectivity index (χ4n) is 2.68. The molecule has 0 fully saturated rings. The van der Waals surface area contributed by atoms with Crippen molar-refractivity contribution in [2.24, 2.45) is 0 Å². The van der Waals surface area contributed by atoms with E-state index in [4.69, 9.17) is 4.55 Å². The summed E-state index contributed by atoms with van der Waals surface area (Å²) in [7, 11) is -3.84. The predicted octanol–water partition coefficient (Wildman–Crippen LogP) is 4.72. The van der Waals surface area contributed by atoms with Gasteiger partial charge in [-0.15, -0.1) is 0 Å². The smallest absolute Gasteiger partial charge is 0.264 e. The lowest BCUT2D eigenvalue weighted by atomic mass is 10.0. The van der Waals surface area contributed by atoms with Crippen molar-refractivity contribution in [2.75, 3.05) is 5.75 Å². The van der Waals surface area contributed by atoms with Crippen molar-refractivity contribution in [3.05, 3.63) is 0 Å². The third kappa shape index (κ3) is 17.9. The van der Waals surface area contributed by atoms with Crippen LogP contribution in [0.4, 0.5) is 0 Å². The molecule has 0 aromatic rings. The molecule has 5 heteroatoms. The normalized spacial score (nSPS) is 13.4. The fourth-order valence-corrected chi connectivity index (χ4v) is 3.25. The van der Waals surface area contributed by atoms with Crippen LogP contribution < -0.4 is 0 Å². The van der Waals surface area contributed by atoms with Crippen LogP contribution >= 0.6 is 0 Å². The van der Waals surface area contributed by atoms with E-state index in [1.807, 2.05) is 0 Å². The van der Waals surface area contributed by atoms with Crippen LogP contribution in [-0.2, 0) is 10.1 Å². The van der Waals surface area contributed by atoms with Crippen LogP contribution in [0, 0.1) is 0 Å². The third-order valence-corrected chi connectivity index (χ3v) is 4.89. The molecule has 0 rings (SSSR count). The van der Waals surface area contributed by atoms with Crippen LogP contribution in [0.2, 0.25) is 0 Å². The van der Waals surface area contributed by atoms with E-state index in [1.54, 1.807) is 0 Å². The number of hydrogen-bond acceptors (Lipinski definition) is 3. The molecule has 0 heterocycles. The van der Waals surface area contributed by atoms with Gasteiger partial charge >= 0.3 is 0 Å². The zero-order chi connectivity index (χ0) is 16.7. The van der Waals surface area contributed by atoms with Gasteiger partial charge in [-0.05, 0) is 25.7 Å². The largest absolute Gasteiger partial charge is 0.393 e. The molecule has 0 bridgehead atoms. The first-order valence-electron chi connectivity index (χ1n) is 9.09. The monoisotopic (exact) mass is 336 g/mol. The van der Waals surface area contributed by atoms with Gasteiger partial charge in [-0.1, -0.05) is 71.1 Å². The van der Waals surface area contributed by atoms with E-state index in [0.717, 1.165) is 12.8 Å². The van der Waals surface area contributed by atoms with Crippen molar-refractivity contribution in [3.8, 4) is 0 Å². The minimum atomic E-state index is -3.84. The molecule has 0 saturated heterocycles. The summed E-state index contributed by atoms with van der Waals surface area (Å²) >= 11 is 0. The van der Waals surface area contributed by atoms with Gasteiger partial charge in [0.15, 0.2) is 0 Å². The summed E-state index contributed by atoms with van der Waals surface area (Å²) in [6.45, 7) is 2.24. The summed E-state index contributed by atoms with van der Waals surface area (Å²) in [6, 6.07) is 0. The minimum absolute atomic E-state index is 0.196. The lowest BCUT2D eigenvalue weighted by molar-refractivity contribution is 0.148. The van der Waals surface area contributed by atoms with E-state index in [0.29, 0.717) is 19.3 Å². The molecule has 4 nitrogen and oxygen atoms in total. The Hall–Kier alpha value is -0.130. The first kappa shape index (κ1) is 21.9. The summed E-state index contributed by atoms with van der Waals surface area (Å²) in [5.74, 6) is -0.196. The van der Waals surface area contributed by atoms with Gasteiger partial charge in [-0.25, -0.2) is 0 Å². The summed E-state index contributed by atoms with van der Waals surface area (Å²) < 4.78 is 29.7. The quantitative estimate of drug-likeness (QED) is 0.316. The maximum absolute atomic E-state index is 10.5. The highest BCUT2D eigenvalue weighted by atomic mass is 32.2. The molecule has 0 aromatic heterocycles. The predicted molar refractivity (Wildman–Crippen MR) is 92.7 cm³/mol. The van der Waals surface area contributed by atoms with Crippen molar-refractivity contribution >= 4 is 10.1 Å². The molecule has 2 N–H and O–H groups in total. The van der Waals surface area contributed by atoms with Gasteiger partial charge in [0.2, 0.25) is 0 Å². The number of rotatable bonds is 16. The second-order valence-corrected chi connectivity index (χ2v) is 7.98. The molecular weight excluding hydrogens is 300 g/mol. The summed E-state index contributed by atoms with van der Waals surface area (Å²) in [5, 5.41) is 9.79. The maximum Gasteiger partial charge on any atom is 0.264 e. The van der Waals surface area contributed by atoms with E-state index in [1.165, 1.54) is 57.8 Å². The first-order chi connectivity index (χ1) is 10.5. The highest BCUT2D eigenvalue weighted by molar-refractivity contribution is 7.85. The molecule has 134 valence electrons. The second kappa shape index (κ2) is 14.5. The molecule has 0 amide bonds. The standard InChI is InChI=1S/C17H36O4S/c1-2-3-4-5-6-7-8-9-10-11-14-17(18)15-12-13-16-22(19,20)21/h17-18H,2-16H2,1H3,(H,19,20,21). The Morgan fingerprint density at radius 2 is 1.14 bits per heavy atom. The highest BCUT2D eigenvalue weighted by Crippen LogP contribution is 2.14. The molecule has 1 unspecified atom stereocenters. The van der Waals surface area contributed by atoms with Gasteiger partial charge in [-0.2, -0.15) is 8.42 Å². The number of aliphatic hydroxyl groups is 1. The molecule has 0 aromatic carbocycles. The van der Waals surface area contributed by atoms with Crippen LogP contribution in [0.1, 0.15) is 96.8 Å². The molecule has 0 aliphatic carbocycles. The SMILES string of the molecule is CCCCCCCCCCCCC(O)CCCCS(=O)(=O)O. The molecule has 0 radical (unpaired) electrons. The van der Waals surface area contributed by atoms with E-state index >= 15 is 0 Å². The van der Waals surface area contributed by atoms with Crippen LogP contribution in [0.5, 0.6) is 0 Å². The zero-order valence-electron chi connectivity index (χ0n) is 14.3. The van der Waals surface area contributed by atoms with Crippen molar-refractivity contribution in [3.63, 3.8) is 0 Å². The Kier molecular flexibility index (Phi) is 14.4. The van der Waals surface area contributed by atoms with Gasteiger partial charge in [0, 0.05) is 0 Å². The molecule has 0 aliphatic rings. The van der Waals surface area contributed by atoms with E-state index in [2.05, 4.69) is 6.92 Å². The number of hydrogen-bond donors (Lipinski definition) is 2. The maximum atomic E-state index is 10.5. The van der Waals surface area contributed by atoms with Crippen LogP contribution in [0.15, 0.2) is 0 Å². The minimum Gasteiger partial charge on any atom is -0.393 e. The molecule has 1 atom stereocenters. The number of unbranched alkanes of at least 4 members (excludes halogenated alkanes) is 10. The molecule has 0 aliphatic heterocycles. The molecule has 0 spiro atoms. The van der Waals surface area contributed by atoms with Crippen LogP contribution in [0.3, 0.4) is 0 Å². The van der Waals surface area contributed by atoms with Crippen LogP contribution in [-0.4, -0.2) is 29.9 Å². The molecule has 22 heavy (non-hydrogen) atoms. The lowest BCUT2D eigenvalue weighted by Crippen LogP contribution is -2.08. The van der Waals surface area contributed by atoms with Crippen molar-refractivity contribution in [1.29, 1.82) is 0 Å². The van der Waals surface area contributed by atoms with Crippen molar-refractivity contribution < 1.29 is 18.1 Å². The highest BCUT2D eigenvalue weighted by Gasteiger charge is 2.07. The Bertz CT molecular complexity index is 328. The lowest BCUT2D eigenvalue weighted by Gasteiger charge is -2.09. The van der Waals surface area contributed by atoms with Gasteiger partial charge < -0.3 is 5.11 Å². The molecule has 0 saturated carbocycles. The Balaban J connectivity index is 3.23. The second-order valence-electron chi connectivity index (χ2n) is 6.41. The van der Waals surface area contributed by atoms with Crippen molar-refractivity contribution in [1.82, 2.24) is 0 Å². The summed E-state index contributed by atoms with van der Waals surface area (Å²) in [5.41, 5.74) is 0. The fraction of sp³-hybridized carbons (Fsp3) is 1.00. The summed E-state index contributed by atoms with van der Waals surface area (Å²) in [6.07, 6.45) is 15.1. The van der Waals surface area contributed by atoms with E-state index in [9.17, 15) is 13.5 Å². The zero-order valence-corrected chi connectivity index (χ0v) is 15.1. The topological polar surface area (TPSA) is 74.6 Å². The Morgan fingerprint density at radius 1 is 0.727 bits per heavy atom. The van der Waals surface area contributed by atoms with Gasteiger partial charge in [0.25, 0.3) is 10.1 Å². The summed E-state index contributed by atoms with van der Waals surface area (Å²) in [4.78, 5) is 0. The Labute approximate surface area is 137 Å². The number of aliphatic hydroxyl groups excluding tert-OH is 1. The first-order valence-corrected chi connectivity index (χ1v) is 10.7.